The molecule has 4 heteroatoms. The molecule has 0 saturated heterocycles. The van der Waals surface area contributed by atoms with Crippen LogP contribution in [0.15, 0.2) is 73.2 Å². The fraction of sp³-hybridized carbons (Fsp3) is 0.0526. The van der Waals surface area contributed by atoms with Gasteiger partial charge in [0.05, 0.1) is 18.1 Å². The Balaban J connectivity index is 1.70. The van der Waals surface area contributed by atoms with E-state index in [1.54, 1.807) is 13.4 Å². The summed E-state index contributed by atoms with van der Waals surface area (Å²) < 4.78 is 7.18. The predicted octanol–water partition coefficient (Wildman–Crippen LogP) is 4.10. The largest absolute Gasteiger partial charge is 0.497 e. The highest BCUT2D eigenvalue weighted by atomic mass is 16.5. The monoisotopic (exact) mass is 301 g/mol. The van der Waals surface area contributed by atoms with E-state index in [-0.39, 0.29) is 0 Å². The number of aromatic nitrogens is 3. The van der Waals surface area contributed by atoms with Gasteiger partial charge in [0.15, 0.2) is 0 Å². The van der Waals surface area contributed by atoms with E-state index in [0.717, 1.165) is 33.7 Å². The Hall–Kier alpha value is -3.14. The van der Waals surface area contributed by atoms with Crippen molar-refractivity contribution in [3.63, 3.8) is 0 Å². The van der Waals surface area contributed by atoms with Crippen molar-refractivity contribution in [3.8, 4) is 22.7 Å². The van der Waals surface area contributed by atoms with Gasteiger partial charge in [0.25, 0.3) is 0 Å². The van der Waals surface area contributed by atoms with Crippen LogP contribution in [0.25, 0.3) is 28.0 Å². The van der Waals surface area contributed by atoms with Crippen LogP contribution >= 0.6 is 0 Å². The first-order valence-corrected chi connectivity index (χ1v) is 7.38. The number of benzene rings is 2. The fourth-order valence-corrected chi connectivity index (χ4v) is 2.62. The molecule has 23 heavy (non-hydrogen) atoms. The molecule has 0 aliphatic rings. The number of imidazole rings is 1. The zero-order valence-electron chi connectivity index (χ0n) is 12.7. The molecule has 0 saturated carbocycles. The van der Waals surface area contributed by atoms with E-state index >= 15 is 0 Å². The van der Waals surface area contributed by atoms with Gasteiger partial charge in [-0.15, -0.1) is 0 Å². The first-order valence-electron chi connectivity index (χ1n) is 7.38. The zero-order valence-corrected chi connectivity index (χ0v) is 12.7. The third-order valence-corrected chi connectivity index (χ3v) is 3.87. The summed E-state index contributed by atoms with van der Waals surface area (Å²) in [5.74, 6) is 1.71. The number of hydrogen-bond acceptors (Lipinski definition) is 3. The maximum Gasteiger partial charge on any atom is 0.138 e. The first-order chi connectivity index (χ1) is 11.3. The minimum Gasteiger partial charge on any atom is -0.497 e. The van der Waals surface area contributed by atoms with Gasteiger partial charge in [-0.05, 0) is 42.0 Å². The molecule has 0 radical (unpaired) electrons. The molecule has 0 amide bonds. The quantitative estimate of drug-likeness (QED) is 0.572. The predicted molar refractivity (Wildman–Crippen MR) is 90.9 cm³/mol. The van der Waals surface area contributed by atoms with Crippen LogP contribution < -0.4 is 4.74 Å². The van der Waals surface area contributed by atoms with Crippen molar-refractivity contribution in [2.24, 2.45) is 0 Å². The molecule has 4 aromatic rings. The Morgan fingerprint density at radius 1 is 0.826 bits per heavy atom. The molecule has 0 unspecified atom stereocenters. The van der Waals surface area contributed by atoms with Crippen molar-refractivity contribution in [1.29, 1.82) is 0 Å². The summed E-state index contributed by atoms with van der Waals surface area (Å²) in [4.78, 5) is 8.99. The van der Waals surface area contributed by atoms with Crippen LogP contribution in [-0.4, -0.2) is 21.6 Å². The SMILES string of the molecule is COc1ccc(-c2ccc(-n3cnc4ccccc43)nc2)cc1. The molecular formula is C19H15N3O. The lowest BCUT2D eigenvalue weighted by atomic mass is 10.1. The van der Waals surface area contributed by atoms with Crippen LogP contribution in [0, 0.1) is 0 Å². The molecule has 0 fully saturated rings. The van der Waals surface area contributed by atoms with Gasteiger partial charge in [-0.2, -0.15) is 0 Å². The Kier molecular flexibility index (Phi) is 3.27. The number of para-hydroxylation sites is 2. The van der Waals surface area contributed by atoms with Gasteiger partial charge in [0.1, 0.15) is 17.9 Å². The maximum absolute atomic E-state index is 5.19. The minimum absolute atomic E-state index is 0.850. The summed E-state index contributed by atoms with van der Waals surface area (Å²) in [7, 11) is 1.67. The van der Waals surface area contributed by atoms with Gasteiger partial charge in [0.2, 0.25) is 0 Å². The number of ether oxygens (including phenoxy) is 1. The zero-order chi connectivity index (χ0) is 15.6. The number of methoxy groups -OCH3 is 1. The van der Waals surface area contributed by atoms with Gasteiger partial charge in [-0.1, -0.05) is 24.3 Å². The number of pyridine rings is 1. The van der Waals surface area contributed by atoms with E-state index in [9.17, 15) is 0 Å². The molecule has 0 aliphatic heterocycles. The van der Waals surface area contributed by atoms with E-state index in [2.05, 4.69) is 16.0 Å². The number of fused-ring (bicyclic) bond motifs is 1. The van der Waals surface area contributed by atoms with Crippen LogP contribution in [0.4, 0.5) is 0 Å². The van der Waals surface area contributed by atoms with E-state index in [0.29, 0.717) is 0 Å². The summed E-state index contributed by atoms with van der Waals surface area (Å²) in [6.45, 7) is 0. The molecule has 2 aromatic heterocycles. The molecular weight excluding hydrogens is 286 g/mol. The third kappa shape index (κ3) is 2.44. The molecule has 0 N–H and O–H groups in total. The Labute approximate surface area is 134 Å². The standard InChI is InChI=1S/C19H15N3O/c1-23-16-9-6-14(7-10-16)15-8-11-19(20-12-15)22-13-21-17-4-2-3-5-18(17)22/h2-13H,1H3. The number of hydrogen-bond donors (Lipinski definition) is 0. The van der Waals surface area contributed by atoms with Crippen molar-refractivity contribution >= 4 is 11.0 Å². The lowest BCUT2D eigenvalue weighted by Gasteiger charge is -2.06. The molecule has 0 atom stereocenters. The first kappa shape index (κ1) is 13.5. The van der Waals surface area contributed by atoms with Crippen molar-refractivity contribution in [2.75, 3.05) is 7.11 Å². The summed E-state index contributed by atoms with van der Waals surface area (Å²) in [6.07, 6.45) is 3.69. The second-order valence-corrected chi connectivity index (χ2v) is 5.24. The molecule has 0 bridgehead atoms. The molecule has 0 spiro atoms. The van der Waals surface area contributed by atoms with Gasteiger partial charge in [0, 0.05) is 11.8 Å². The summed E-state index contributed by atoms with van der Waals surface area (Å²) >= 11 is 0. The third-order valence-electron chi connectivity index (χ3n) is 3.87. The molecule has 4 nitrogen and oxygen atoms in total. The Morgan fingerprint density at radius 2 is 1.61 bits per heavy atom. The van der Waals surface area contributed by atoms with Crippen LogP contribution in [0.2, 0.25) is 0 Å². The van der Waals surface area contributed by atoms with Gasteiger partial charge < -0.3 is 4.74 Å². The van der Waals surface area contributed by atoms with E-state index in [1.165, 1.54) is 0 Å². The lowest BCUT2D eigenvalue weighted by Crippen LogP contribution is -1.95. The topological polar surface area (TPSA) is 39.9 Å². The van der Waals surface area contributed by atoms with E-state index < -0.39 is 0 Å². The Morgan fingerprint density at radius 3 is 2.35 bits per heavy atom. The van der Waals surface area contributed by atoms with Crippen LogP contribution in [0.3, 0.4) is 0 Å². The van der Waals surface area contributed by atoms with E-state index in [4.69, 9.17) is 4.74 Å². The summed E-state index contributed by atoms with van der Waals surface area (Å²) in [6, 6.07) is 20.1. The average molecular weight is 301 g/mol. The molecule has 112 valence electrons. The van der Waals surface area contributed by atoms with Gasteiger partial charge >= 0.3 is 0 Å². The van der Waals surface area contributed by atoms with Crippen LogP contribution in [-0.2, 0) is 0 Å². The Bertz CT molecular complexity index is 940. The average Bonchev–Trinajstić information content (AvgIpc) is 3.06. The van der Waals surface area contributed by atoms with Crippen molar-refractivity contribution in [1.82, 2.24) is 14.5 Å². The summed E-state index contributed by atoms with van der Waals surface area (Å²) in [5, 5.41) is 0. The lowest BCUT2D eigenvalue weighted by molar-refractivity contribution is 0.415. The van der Waals surface area contributed by atoms with Crippen LogP contribution in [0.5, 0.6) is 5.75 Å². The minimum atomic E-state index is 0.850. The molecule has 4 rings (SSSR count). The van der Waals surface area contributed by atoms with E-state index in [1.807, 2.05) is 65.4 Å². The highest BCUT2D eigenvalue weighted by molar-refractivity contribution is 5.77. The second kappa shape index (κ2) is 5.57. The smallest absolute Gasteiger partial charge is 0.138 e. The van der Waals surface area contributed by atoms with Crippen molar-refractivity contribution in [3.05, 3.63) is 73.2 Å². The highest BCUT2D eigenvalue weighted by Crippen LogP contribution is 2.23. The number of nitrogens with zero attached hydrogens (tertiary/aromatic N) is 3. The van der Waals surface area contributed by atoms with Gasteiger partial charge in [-0.25, -0.2) is 9.97 Å². The normalized spacial score (nSPS) is 10.8. The summed E-state index contributed by atoms with van der Waals surface area (Å²) in [5.41, 5.74) is 4.20. The maximum atomic E-state index is 5.19. The van der Waals surface area contributed by atoms with Crippen LogP contribution in [0.1, 0.15) is 0 Å². The number of rotatable bonds is 3. The van der Waals surface area contributed by atoms with Crippen molar-refractivity contribution in [2.45, 2.75) is 0 Å². The van der Waals surface area contributed by atoms with Crippen molar-refractivity contribution < 1.29 is 4.74 Å². The fourth-order valence-electron chi connectivity index (χ4n) is 2.62. The second-order valence-electron chi connectivity index (χ2n) is 5.24. The molecule has 2 aromatic carbocycles. The highest BCUT2D eigenvalue weighted by Gasteiger charge is 2.05. The molecule has 2 heterocycles. The molecule has 0 aliphatic carbocycles. The van der Waals surface area contributed by atoms with Gasteiger partial charge in [-0.3, -0.25) is 4.57 Å².